The van der Waals surface area contributed by atoms with Crippen LogP contribution in [0.25, 0.3) is 42.6 Å². The van der Waals surface area contributed by atoms with E-state index in [1.165, 1.54) is 85.8 Å². The molecule has 170 valence electrons. The van der Waals surface area contributed by atoms with Crippen LogP contribution in [0.1, 0.15) is 54.7 Å². The van der Waals surface area contributed by atoms with Crippen LogP contribution in [0.5, 0.6) is 0 Å². The summed E-state index contributed by atoms with van der Waals surface area (Å²) < 4.78 is 5.21. The quantitative estimate of drug-likeness (QED) is 0.236. The summed E-state index contributed by atoms with van der Waals surface area (Å²) in [6.45, 7) is 4.45. The number of thiophene rings is 1. The Morgan fingerprint density at radius 2 is 1.41 bits per heavy atom. The minimum absolute atomic E-state index is 0.721. The SMILES string of the molecule is Cc1c[n+](C)c(-c2ccccc2C)cc1-c1cccc2c1sc1c(C3CCCCC3)cccc12. The molecule has 0 spiro atoms. The number of aromatic nitrogens is 1. The molecule has 2 heteroatoms. The zero-order chi connectivity index (χ0) is 23.2. The maximum atomic E-state index is 2.40. The van der Waals surface area contributed by atoms with E-state index in [0.717, 1.165) is 5.92 Å². The second kappa shape index (κ2) is 8.67. The minimum Gasteiger partial charge on any atom is -0.201 e. The van der Waals surface area contributed by atoms with E-state index in [4.69, 9.17) is 0 Å². The lowest BCUT2D eigenvalue weighted by molar-refractivity contribution is -0.660. The third kappa shape index (κ3) is 3.56. The molecule has 1 nitrogen and oxygen atoms in total. The van der Waals surface area contributed by atoms with E-state index in [2.05, 4.69) is 98.4 Å². The lowest BCUT2D eigenvalue weighted by Crippen LogP contribution is -2.31. The summed E-state index contributed by atoms with van der Waals surface area (Å²) in [6, 6.07) is 25.0. The fourth-order valence-electron chi connectivity index (χ4n) is 5.99. The van der Waals surface area contributed by atoms with Gasteiger partial charge in [0.05, 0.1) is 0 Å². The number of rotatable bonds is 3. The summed E-state index contributed by atoms with van der Waals surface area (Å²) in [5.41, 5.74) is 9.48. The molecule has 34 heavy (non-hydrogen) atoms. The molecular formula is C32H32NS+. The first-order valence-electron chi connectivity index (χ1n) is 12.6. The van der Waals surface area contributed by atoms with Gasteiger partial charge in [0.25, 0.3) is 0 Å². The summed E-state index contributed by atoms with van der Waals surface area (Å²) in [5, 5.41) is 2.84. The molecule has 0 bridgehead atoms. The Morgan fingerprint density at radius 1 is 0.706 bits per heavy atom. The average Bonchev–Trinajstić information content (AvgIpc) is 3.25. The Morgan fingerprint density at radius 3 is 2.21 bits per heavy atom. The van der Waals surface area contributed by atoms with Crippen molar-refractivity contribution in [3.8, 4) is 22.4 Å². The Kier molecular flexibility index (Phi) is 5.50. The molecule has 1 aliphatic carbocycles. The van der Waals surface area contributed by atoms with E-state index >= 15 is 0 Å². The van der Waals surface area contributed by atoms with E-state index in [-0.39, 0.29) is 0 Å². The third-order valence-electron chi connectivity index (χ3n) is 7.78. The van der Waals surface area contributed by atoms with Gasteiger partial charge in [-0.05, 0) is 55.4 Å². The molecule has 0 radical (unpaired) electrons. The fraction of sp³-hybridized carbons (Fsp3) is 0.281. The van der Waals surface area contributed by atoms with E-state index < -0.39 is 0 Å². The smallest absolute Gasteiger partial charge is 0.201 e. The Labute approximate surface area is 206 Å². The largest absolute Gasteiger partial charge is 0.213 e. The molecule has 0 aliphatic heterocycles. The number of fused-ring (bicyclic) bond motifs is 3. The topological polar surface area (TPSA) is 3.88 Å². The van der Waals surface area contributed by atoms with Crippen LogP contribution in [0.15, 0.2) is 72.9 Å². The van der Waals surface area contributed by atoms with Crippen molar-refractivity contribution in [3.05, 3.63) is 89.6 Å². The summed E-state index contributed by atoms with van der Waals surface area (Å²) in [6.07, 6.45) is 9.12. The fourth-order valence-corrected chi connectivity index (χ4v) is 7.41. The van der Waals surface area contributed by atoms with E-state index in [9.17, 15) is 0 Å². The van der Waals surface area contributed by atoms with Gasteiger partial charge in [0.1, 0.15) is 7.05 Å². The lowest BCUT2D eigenvalue weighted by Gasteiger charge is -2.22. The van der Waals surface area contributed by atoms with Gasteiger partial charge in [-0.3, -0.25) is 0 Å². The maximum Gasteiger partial charge on any atom is 0.213 e. The summed E-state index contributed by atoms with van der Waals surface area (Å²) in [7, 11) is 2.16. The lowest BCUT2D eigenvalue weighted by atomic mass is 9.83. The molecule has 3 aromatic carbocycles. The summed E-state index contributed by atoms with van der Waals surface area (Å²) in [4.78, 5) is 0. The highest BCUT2D eigenvalue weighted by molar-refractivity contribution is 7.26. The minimum atomic E-state index is 0.721. The molecule has 0 N–H and O–H groups in total. The second-order valence-electron chi connectivity index (χ2n) is 10.0. The van der Waals surface area contributed by atoms with Crippen molar-refractivity contribution < 1.29 is 4.57 Å². The number of nitrogens with zero attached hydrogens (tertiary/aromatic N) is 1. The van der Waals surface area contributed by atoms with Crippen molar-refractivity contribution in [3.63, 3.8) is 0 Å². The van der Waals surface area contributed by atoms with E-state index in [1.54, 1.807) is 5.56 Å². The molecule has 2 heterocycles. The van der Waals surface area contributed by atoms with Gasteiger partial charge in [-0.25, -0.2) is 4.57 Å². The van der Waals surface area contributed by atoms with Crippen molar-refractivity contribution >= 4 is 31.5 Å². The highest BCUT2D eigenvalue weighted by atomic mass is 32.1. The highest BCUT2D eigenvalue weighted by Gasteiger charge is 2.22. The van der Waals surface area contributed by atoms with Crippen molar-refractivity contribution in [1.82, 2.24) is 0 Å². The van der Waals surface area contributed by atoms with Gasteiger partial charge in [-0.2, -0.15) is 0 Å². The molecule has 0 unspecified atom stereocenters. The van der Waals surface area contributed by atoms with E-state index in [1.807, 2.05) is 11.3 Å². The normalized spacial score (nSPS) is 14.8. The number of hydrogen-bond donors (Lipinski definition) is 0. The molecule has 1 aliphatic rings. The van der Waals surface area contributed by atoms with Crippen LogP contribution in [0.2, 0.25) is 0 Å². The van der Waals surface area contributed by atoms with Crippen LogP contribution in [-0.4, -0.2) is 0 Å². The molecule has 0 saturated heterocycles. The van der Waals surface area contributed by atoms with Crippen LogP contribution in [0.4, 0.5) is 0 Å². The number of aryl methyl sites for hydroxylation is 3. The Bertz CT molecular complexity index is 1520. The van der Waals surface area contributed by atoms with Crippen LogP contribution in [-0.2, 0) is 7.05 Å². The zero-order valence-electron chi connectivity index (χ0n) is 20.4. The monoisotopic (exact) mass is 462 g/mol. The van der Waals surface area contributed by atoms with Gasteiger partial charge in [0, 0.05) is 42.9 Å². The van der Waals surface area contributed by atoms with Gasteiger partial charge in [0.15, 0.2) is 6.20 Å². The Balaban J connectivity index is 1.57. The maximum absolute atomic E-state index is 2.40. The number of benzene rings is 3. The van der Waals surface area contributed by atoms with Crippen LogP contribution >= 0.6 is 11.3 Å². The average molecular weight is 463 g/mol. The third-order valence-corrected chi connectivity index (χ3v) is 9.09. The molecule has 1 saturated carbocycles. The van der Waals surface area contributed by atoms with E-state index in [0.29, 0.717) is 0 Å². The first-order valence-corrected chi connectivity index (χ1v) is 13.4. The first-order chi connectivity index (χ1) is 16.6. The molecule has 0 atom stereocenters. The summed E-state index contributed by atoms with van der Waals surface area (Å²) >= 11 is 2.01. The zero-order valence-corrected chi connectivity index (χ0v) is 21.2. The molecule has 2 aromatic heterocycles. The molecule has 0 amide bonds. The molecule has 6 rings (SSSR count). The predicted octanol–water partition coefficient (Wildman–Crippen LogP) is 8.88. The molecule has 5 aromatic rings. The van der Waals surface area contributed by atoms with Crippen molar-refractivity contribution in [1.29, 1.82) is 0 Å². The van der Waals surface area contributed by atoms with Crippen LogP contribution in [0.3, 0.4) is 0 Å². The van der Waals surface area contributed by atoms with Gasteiger partial charge in [0.2, 0.25) is 5.69 Å². The summed E-state index contributed by atoms with van der Waals surface area (Å²) in [5.74, 6) is 0.721. The number of hydrogen-bond acceptors (Lipinski definition) is 1. The first kappa shape index (κ1) is 21.6. The molecular weight excluding hydrogens is 430 g/mol. The standard InChI is InChI=1S/C32H32NS/c1-21-11-7-8-14-24(21)30-19-29(22(2)20-33(30)3)28-18-10-17-27-26-16-9-15-25(31(26)34-32(27)28)23-12-5-4-6-13-23/h7-11,14-20,23H,4-6,12-13H2,1-3H3/q+1. The highest BCUT2D eigenvalue weighted by Crippen LogP contribution is 2.45. The Hall–Kier alpha value is -2.97. The van der Waals surface area contributed by atoms with Gasteiger partial charge in [-0.15, -0.1) is 11.3 Å². The van der Waals surface area contributed by atoms with Gasteiger partial charge >= 0.3 is 0 Å². The van der Waals surface area contributed by atoms with Crippen LogP contribution < -0.4 is 4.57 Å². The van der Waals surface area contributed by atoms with Crippen molar-refractivity contribution in [2.45, 2.75) is 51.9 Å². The van der Waals surface area contributed by atoms with Crippen molar-refractivity contribution in [2.75, 3.05) is 0 Å². The predicted molar refractivity (Wildman–Crippen MR) is 147 cm³/mol. The van der Waals surface area contributed by atoms with Gasteiger partial charge in [-0.1, -0.05) is 73.9 Å². The molecule has 1 fully saturated rings. The second-order valence-corrected chi connectivity index (χ2v) is 11.0. The van der Waals surface area contributed by atoms with Crippen LogP contribution in [0, 0.1) is 13.8 Å². The van der Waals surface area contributed by atoms with Crippen molar-refractivity contribution in [2.24, 2.45) is 7.05 Å². The van der Waals surface area contributed by atoms with Gasteiger partial charge < -0.3 is 0 Å². The number of pyridine rings is 1.